The van der Waals surface area contributed by atoms with Gasteiger partial charge in [0.1, 0.15) is 0 Å². The van der Waals surface area contributed by atoms with E-state index in [2.05, 4.69) is 9.47 Å². The normalized spacial score (nSPS) is 27.3. The lowest BCUT2D eigenvalue weighted by Crippen LogP contribution is -2.28. The average molecular weight is 473 g/mol. The van der Waals surface area contributed by atoms with Crippen molar-refractivity contribution in [3.05, 3.63) is 0 Å². The second kappa shape index (κ2) is 12.0. The molecule has 2 rings (SSSR count). The van der Waals surface area contributed by atoms with Gasteiger partial charge in [0.25, 0.3) is 20.2 Å². The van der Waals surface area contributed by atoms with E-state index in [1.165, 1.54) is 14.2 Å². The van der Waals surface area contributed by atoms with Gasteiger partial charge in [-0.25, -0.2) is 0 Å². The molecule has 0 N–H and O–H groups in total. The van der Waals surface area contributed by atoms with Gasteiger partial charge in [0.05, 0.1) is 50.8 Å². The highest BCUT2D eigenvalue weighted by Crippen LogP contribution is 2.28. The number of hydrogen-bond acceptors (Lipinski definition) is 10. The van der Waals surface area contributed by atoms with Crippen LogP contribution in [0.3, 0.4) is 0 Å². The summed E-state index contributed by atoms with van der Waals surface area (Å²) >= 11 is 0. The van der Waals surface area contributed by atoms with Crippen LogP contribution in [0.15, 0.2) is 0 Å². The molecular formula is C18H32O10S2. The summed E-state index contributed by atoms with van der Waals surface area (Å²) in [7, 11) is -4.04. The highest BCUT2D eigenvalue weighted by atomic mass is 32.2. The van der Waals surface area contributed by atoms with Gasteiger partial charge < -0.3 is 9.47 Å². The molecule has 10 nitrogen and oxygen atoms in total. The number of ether oxygens (including phenoxy) is 2. The van der Waals surface area contributed by atoms with E-state index in [1.54, 1.807) is 0 Å². The topological polar surface area (TPSA) is 139 Å². The summed E-state index contributed by atoms with van der Waals surface area (Å²) in [6.45, 7) is 0. The van der Waals surface area contributed by atoms with E-state index in [-0.39, 0.29) is 36.0 Å². The standard InChI is InChI=1S/2C9H16O5S/c2*1-13-9(10)7-3-5-8(6-4-7)14-15(2,11)12/h2*7-8H,3-6H2,1-2H3. The SMILES string of the molecule is COC(=O)C1CCC(OS(C)(=O)=O)CC1.COC(=O)C1CCC(OS(C)(=O)=O)CC1. The molecule has 0 amide bonds. The van der Waals surface area contributed by atoms with Gasteiger partial charge in [-0.1, -0.05) is 0 Å². The van der Waals surface area contributed by atoms with Crippen molar-refractivity contribution in [2.45, 2.75) is 63.6 Å². The molecule has 0 aromatic carbocycles. The molecule has 2 aliphatic rings. The smallest absolute Gasteiger partial charge is 0.308 e. The maximum atomic E-state index is 11.2. The summed E-state index contributed by atoms with van der Waals surface area (Å²) in [6.07, 6.45) is 6.42. The van der Waals surface area contributed by atoms with Crippen LogP contribution in [0.2, 0.25) is 0 Å². The third-order valence-corrected chi connectivity index (χ3v) is 6.28. The Balaban J connectivity index is 0.000000300. The predicted molar refractivity (Wildman–Crippen MR) is 107 cm³/mol. The quantitative estimate of drug-likeness (QED) is 0.411. The van der Waals surface area contributed by atoms with Crippen molar-refractivity contribution in [1.82, 2.24) is 0 Å². The molecule has 0 bridgehead atoms. The van der Waals surface area contributed by atoms with Crippen LogP contribution in [-0.2, 0) is 47.7 Å². The van der Waals surface area contributed by atoms with Gasteiger partial charge in [-0.2, -0.15) is 16.8 Å². The van der Waals surface area contributed by atoms with E-state index in [4.69, 9.17) is 8.37 Å². The van der Waals surface area contributed by atoms with E-state index in [0.29, 0.717) is 51.4 Å². The molecule has 30 heavy (non-hydrogen) atoms. The Hall–Kier alpha value is -1.24. The first-order chi connectivity index (χ1) is 13.8. The van der Waals surface area contributed by atoms with Crippen LogP contribution in [0.5, 0.6) is 0 Å². The van der Waals surface area contributed by atoms with Crippen molar-refractivity contribution in [2.75, 3.05) is 26.7 Å². The molecule has 0 aromatic rings. The molecule has 2 aliphatic carbocycles. The Morgan fingerprint density at radius 2 is 0.867 bits per heavy atom. The van der Waals surface area contributed by atoms with Gasteiger partial charge in [0, 0.05) is 0 Å². The van der Waals surface area contributed by atoms with Crippen molar-refractivity contribution in [2.24, 2.45) is 11.8 Å². The van der Waals surface area contributed by atoms with Crippen molar-refractivity contribution in [3.63, 3.8) is 0 Å². The molecule has 176 valence electrons. The lowest BCUT2D eigenvalue weighted by molar-refractivity contribution is -0.147. The molecule has 2 fully saturated rings. The lowest BCUT2D eigenvalue weighted by atomic mass is 9.88. The molecule has 2 saturated carbocycles. The van der Waals surface area contributed by atoms with Gasteiger partial charge in [-0.15, -0.1) is 0 Å². The molecule has 0 aliphatic heterocycles. The van der Waals surface area contributed by atoms with E-state index in [1.807, 2.05) is 0 Å². The second-order valence-corrected chi connectivity index (χ2v) is 10.8. The van der Waals surface area contributed by atoms with Crippen molar-refractivity contribution in [3.8, 4) is 0 Å². The Labute approximate surface area is 178 Å². The van der Waals surface area contributed by atoms with E-state index < -0.39 is 20.2 Å². The summed E-state index contributed by atoms with van der Waals surface area (Å²) in [5.41, 5.74) is 0. The summed E-state index contributed by atoms with van der Waals surface area (Å²) in [5.74, 6) is -0.635. The molecule has 0 unspecified atom stereocenters. The molecule has 0 saturated heterocycles. The van der Waals surface area contributed by atoms with Gasteiger partial charge >= 0.3 is 11.9 Å². The zero-order valence-electron chi connectivity index (χ0n) is 17.9. The highest BCUT2D eigenvalue weighted by Gasteiger charge is 2.30. The summed E-state index contributed by atoms with van der Waals surface area (Å²) in [6, 6.07) is 0. The minimum atomic E-state index is -3.38. The van der Waals surface area contributed by atoms with Crippen LogP contribution in [0.25, 0.3) is 0 Å². The molecular weight excluding hydrogens is 440 g/mol. The monoisotopic (exact) mass is 472 g/mol. The zero-order chi connectivity index (χ0) is 22.9. The van der Waals surface area contributed by atoms with Crippen LogP contribution < -0.4 is 0 Å². The van der Waals surface area contributed by atoms with Crippen molar-refractivity contribution < 1.29 is 44.3 Å². The Kier molecular flexibility index (Phi) is 10.7. The Bertz CT molecular complexity index is 693. The van der Waals surface area contributed by atoms with Gasteiger partial charge in [-0.3, -0.25) is 18.0 Å². The largest absolute Gasteiger partial charge is 0.469 e. The summed E-state index contributed by atoms with van der Waals surface area (Å²) in [5, 5.41) is 0. The van der Waals surface area contributed by atoms with Gasteiger partial charge in [-0.05, 0) is 51.4 Å². The lowest BCUT2D eigenvalue weighted by Gasteiger charge is -2.25. The van der Waals surface area contributed by atoms with Crippen LogP contribution in [0.4, 0.5) is 0 Å². The Morgan fingerprint density at radius 3 is 1.07 bits per heavy atom. The number of esters is 2. The minimum Gasteiger partial charge on any atom is -0.469 e. The Morgan fingerprint density at radius 1 is 0.600 bits per heavy atom. The molecule has 12 heteroatoms. The first kappa shape index (κ1) is 26.8. The molecule has 0 heterocycles. The molecule has 0 spiro atoms. The van der Waals surface area contributed by atoms with Crippen LogP contribution in [0.1, 0.15) is 51.4 Å². The number of carbonyl (C=O) groups excluding carboxylic acids is 2. The fraction of sp³-hybridized carbons (Fsp3) is 0.889. The highest BCUT2D eigenvalue weighted by molar-refractivity contribution is 7.86. The third-order valence-electron chi connectivity index (χ3n) is 5.04. The van der Waals surface area contributed by atoms with Crippen LogP contribution in [-0.4, -0.2) is 67.7 Å². The van der Waals surface area contributed by atoms with Crippen molar-refractivity contribution in [1.29, 1.82) is 0 Å². The van der Waals surface area contributed by atoms with Gasteiger partial charge in [0.15, 0.2) is 0 Å². The zero-order valence-corrected chi connectivity index (χ0v) is 19.5. The number of rotatable bonds is 6. The van der Waals surface area contributed by atoms with Gasteiger partial charge in [0.2, 0.25) is 0 Å². The first-order valence-electron chi connectivity index (χ1n) is 9.76. The number of hydrogen-bond donors (Lipinski definition) is 0. The predicted octanol–water partition coefficient (Wildman–Crippen LogP) is 1.39. The minimum absolute atomic E-state index is 0.102. The van der Waals surface area contributed by atoms with Crippen LogP contribution >= 0.6 is 0 Å². The molecule has 0 aromatic heterocycles. The van der Waals surface area contributed by atoms with E-state index in [9.17, 15) is 26.4 Å². The fourth-order valence-corrected chi connectivity index (χ4v) is 4.99. The van der Waals surface area contributed by atoms with Crippen molar-refractivity contribution >= 4 is 32.2 Å². The average Bonchev–Trinajstić information content (AvgIpc) is 2.66. The third kappa shape index (κ3) is 10.7. The number of carbonyl (C=O) groups is 2. The first-order valence-corrected chi connectivity index (χ1v) is 13.4. The van der Waals surface area contributed by atoms with Crippen LogP contribution in [0, 0.1) is 11.8 Å². The second-order valence-electron chi connectivity index (χ2n) is 7.59. The fourth-order valence-electron chi connectivity index (χ4n) is 3.62. The maximum Gasteiger partial charge on any atom is 0.308 e. The number of methoxy groups -OCH3 is 2. The molecule has 0 radical (unpaired) electrons. The summed E-state index contributed by atoms with van der Waals surface area (Å²) in [4.78, 5) is 22.4. The van der Waals surface area contributed by atoms with E-state index in [0.717, 1.165) is 12.5 Å². The van der Waals surface area contributed by atoms with E-state index >= 15 is 0 Å². The summed E-state index contributed by atoms with van der Waals surface area (Å²) < 4.78 is 62.4. The molecule has 0 atom stereocenters. The maximum absolute atomic E-state index is 11.2.